The minimum atomic E-state index is 0.282. The third-order valence-electron chi connectivity index (χ3n) is 4.09. The maximum Gasteiger partial charge on any atom is 0.115 e. The molecule has 0 amide bonds. The topological polar surface area (TPSA) is 23.5 Å². The van der Waals surface area contributed by atoms with Crippen molar-refractivity contribution in [3.8, 4) is 17.6 Å². The van der Waals surface area contributed by atoms with Crippen molar-refractivity contribution < 1.29 is 5.11 Å². The third kappa shape index (κ3) is 4.48. The van der Waals surface area contributed by atoms with Crippen LogP contribution in [0.1, 0.15) is 24.0 Å². The standard InChI is InChI=1S/C21H21NO/c23-21-11-9-18(10-12-21)6-4-5-15-22-16-13-20(14-17-22)19-7-2-1-3-8-19/h1-3,7-13,23H,5,14-17H2. The van der Waals surface area contributed by atoms with Crippen LogP contribution in [-0.2, 0) is 0 Å². The molecule has 2 aromatic rings. The lowest BCUT2D eigenvalue weighted by Crippen LogP contribution is -2.29. The predicted molar refractivity (Wildman–Crippen MR) is 95.1 cm³/mol. The Bertz CT molecular complexity index is 720. The van der Waals surface area contributed by atoms with Gasteiger partial charge in [-0.15, -0.1) is 0 Å². The number of phenols is 1. The first-order valence-electron chi connectivity index (χ1n) is 8.06. The van der Waals surface area contributed by atoms with Crippen LogP contribution in [0.15, 0.2) is 60.7 Å². The Morgan fingerprint density at radius 1 is 1.00 bits per heavy atom. The van der Waals surface area contributed by atoms with Crippen LogP contribution in [0.4, 0.5) is 0 Å². The first-order chi connectivity index (χ1) is 11.3. The Labute approximate surface area is 138 Å². The summed E-state index contributed by atoms with van der Waals surface area (Å²) in [5.41, 5.74) is 3.75. The fourth-order valence-corrected chi connectivity index (χ4v) is 2.75. The Morgan fingerprint density at radius 3 is 2.48 bits per heavy atom. The highest BCUT2D eigenvalue weighted by molar-refractivity contribution is 5.66. The summed E-state index contributed by atoms with van der Waals surface area (Å²) in [5, 5.41) is 9.24. The molecule has 2 nitrogen and oxygen atoms in total. The zero-order valence-electron chi connectivity index (χ0n) is 13.2. The van der Waals surface area contributed by atoms with Crippen molar-refractivity contribution in [1.82, 2.24) is 4.90 Å². The van der Waals surface area contributed by atoms with Crippen LogP contribution in [0.3, 0.4) is 0 Å². The van der Waals surface area contributed by atoms with Gasteiger partial charge in [0.1, 0.15) is 5.75 Å². The van der Waals surface area contributed by atoms with Crippen LogP contribution in [0, 0.1) is 11.8 Å². The first kappa shape index (κ1) is 15.4. The number of hydrogen-bond donors (Lipinski definition) is 1. The van der Waals surface area contributed by atoms with Crippen LogP contribution in [-0.4, -0.2) is 29.6 Å². The molecule has 0 radical (unpaired) electrons. The van der Waals surface area contributed by atoms with Crippen LogP contribution < -0.4 is 0 Å². The molecule has 116 valence electrons. The van der Waals surface area contributed by atoms with Crippen molar-refractivity contribution in [2.45, 2.75) is 12.8 Å². The largest absolute Gasteiger partial charge is 0.508 e. The number of rotatable bonds is 3. The maximum atomic E-state index is 9.24. The molecule has 0 bridgehead atoms. The van der Waals surface area contributed by atoms with Crippen molar-refractivity contribution in [1.29, 1.82) is 0 Å². The van der Waals surface area contributed by atoms with Gasteiger partial charge >= 0.3 is 0 Å². The third-order valence-corrected chi connectivity index (χ3v) is 4.09. The molecule has 0 saturated carbocycles. The molecule has 1 aliphatic heterocycles. The Morgan fingerprint density at radius 2 is 1.78 bits per heavy atom. The van der Waals surface area contributed by atoms with Crippen LogP contribution in [0.2, 0.25) is 0 Å². The Hall–Kier alpha value is -2.50. The molecule has 1 heterocycles. The van der Waals surface area contributed by atoms with Crippen molar-refractivity contribution >= 4 is 5.57 Å². The van der Waals surface area contributed by atoms with E-state index in [0.717, 1.165) is 38.0 Å². The summed E-state index contributed by atoms with van der Waals surface area (Å²) in [5.74, 6) is 6.64. The second-order valence-electron chi connectivity index (χ2n) is 5.74. The minimum absolute atomic E-state index is 0.282. The van der Waals surface area contributed by atoms with Crippen molar-refractivity contribution in [3.63, 3.8) is 0 Å². The number of phenolic OH excluding ortho intramolecular Hbond substituents is 1. The maximum absolute atomic E-state index is 9.24. The Balaban J connectivity index is 1.48. The molecule has 3 rings (SSSR count). The molecule has 0 atom stereocenters. The van der Waals surface area contributed by atoms with Gasteiger partial charge in [0.2, 0.25) is 0 Å². The lowest BCUT2D eigenvalue weighted by Gasteiger charge is -2.25. The van der Waals surface area contributed by atoms with E-state index in [1.807, 2.05) is 12.1 Å². The van der Waals surface area contributed by atoms with Gasteiger partial charge in [0.15, 0.2) is 0 Å². The summed E-state index contributed by atoms with van der Waals surface area (Å²) < 4.78 is 0. The zero-order valence-corrected chi connectivity index (χ0v) is 13.2. The van der Waals surface area contributed by atoms with E-state index in [4.69, 9.17) is 0 Å². The summed E-state index contributed by atoms with van der Waals surface area (Å²) in [6, 6.07) is 17.7. The van der Waals surface area contributed by atoms with Gasteiger partial charge in [-0.2, -0.15) is 0 Å². The zero-order chi connectivity index (χ0) is 15.9. The summed E-state index contributed by atoms with van der Waals surface area (Å²) in [6.07, 6.45) is 4.32. The van der Waals surface area contributed by atoms with Gasteiger partial charge in [-0.05, 0) is 41.8 Å². The molecule has 2 aromatic carbocycles. The summed E-state index contributed by atoms with van der Waals surface area (Å²) in [6.45, 7) is 3.11. The van der Waals surface area contributed by atoms with E-state index in [1.54, 1.807) is 12.1 Å². The second kappa shape index (κ2) is 7.67. The SMILES string of the molecule is Oc1ccc(C#CCCN2CC=C(c3ccccc3)CC2)cc1. The lowest BCUT2D eigenvalue weighted by molar-refractivity contribution is 0.309. The number of nitrogens with zero attached hydrogens (tertiary/aromatic N) is 1. The van der Waals surface area contributed by atoms with Crippen LogP contribution >= 0.6 is 0 Å². The molecular formula is C21H21NO. The van der Waals surface area contributed by atoms with E-state index >= 15 is 0 Å². The van der Waals surface area contributed by atoms with Gasteiger partial charge in [0.25, 0.3) is 0 Å². The molecule has 0 fully saturated rings. The van der Waals surface area contributed by atoms with E-state index < -0.39 is 0 Å². The average Bonchev–Trinajstić information content (AvgIpc) is 2.62. The quantitative estimate of drug-likeness (QED) is 0.869. The van der Waals surface area contributed by atoms with E-state index in [-0.39, 0.29) is 5.75 Å². The summed E-state index contributed by atoms with van der Waals surface area (Å²) >= 11 is 0. The Kier molecular flexibility index (Phi) is 5.13. The molecular weight excluding hydrogens is 282 g/mol. The second-order valence-corrected chi connectivity index (χ2v) is 5.74. The summed E-state index contributed by atoms with van der Waals surface area (Å²) in [4.78, 5) is 2.44. The van der Waals surface area contributed by atoms with Gasteiger partial charge in [-0.1, -0.05) is 48.2 Å². The van der Waals surface area contributed by atoms with E-state index in [2.05, 4.69) is 53.1 Å². The molecule has 1 aliphatic rings. The van der Waals surface area contributed by atoms with Crippen LogP contribution in [0.25, 0.3) is 5.57 Å². The normalized spacial score (nSPS) is 14.7. The minimum Gasteiger partial charge on any atom is -0.508 e. The smallest absolute Gasteiger partial charge is 0.115 e. The van der Waals surface area contributed by atoms with Crippen molar-refractivity contribution in [2.24, 2.45) is 0 Å². The first-order valence-corrected chi connectivity index (χ1v) is 8.06. The molecule has 0 unspecified atom stereocenters. The van der Waals surface area contributed by atoms with Gasteiger partial charge in [-0.25, -0.2) is 0 Å². The highest BCUT2D eigenvalue weighted by Gasteiger charge is 2.11. The molecule has 0 aliphatic carbocycles. The fraction of sp³-hybridized carbons (Fsp3) is 0.238. The van der Waals surface area contributed by atoms with Crippen molar-refractivity contribution in [2.75, 3.05) is 19.6 Å². The van der Waals surface area contributed by atoms with E-state index in [1.165, 1.54) is 11.1 Å². The van der Waals surface area contributed by atoms with E-state index in [0.29, 0.717) is 0 Å². The fourth-order valence-electron chi connectivity index (χ4n) is 2.75. The molecule has 0 spiro atoms. The van der Waals surface area contributed by atoms with Gasteiger partial charge in [0, 0.05) is 31.6 Å². The molecule has 2 heteroatoms. The highest BCUT2D eigenvalue weighted by atomic mass is 16.3. The molecule has 0 aromatic heterocycles. The number of benzene rings is 2. The van der Waals surface area contributed by atoms with Gasteiger partial charge < -0.3 is 5.11 Å². The van der Waals surface area contributed by atoms with Crippen molar-refractivity contribution in [3.05, 3.63) is 71.8 Å². The van der Waals surface area contributed by atoms with E-state index in [9.17, 15) is 5.11 Å². The lowest BCUT2D eigenvalue weighted by atomic mass is 9.99. The molecule has 1 N–H and O–H groups in total. The number of aromatic hydroxyl groups is 1. The van der Waals surface area contributed by atoms with Gasteiger partial charge in [0.05, 0.1) is 0 Å². The summed E-state index contributed by atoms with van der Waals surface area (Å²) in [7, 11) is 0. The number of hydrogen-bond acceptors (Lipinski definition) is 2. The monoisotopic (exact) mass is 303 g/mol. The predicted octanol–water partition coefficient (Wildman–Crippen LogP) is 3.92. The molecule has 23 heavy (non-hydrogen) atoms. The highest BCUT2D eigenvalue weighted by Crippen LogP contribution is 2.21. The molecule has 0 saturated heterocycles. The van der Waals surface area contributed by atoms with Gasteiger partial charge in [-0.3, -0.25) is 4.90 Å². The van der Waals surface area contributed by atoms with Crippen LogP contribution in [0.5, 0.6) is 5.75 Å². The average molecular weight is 303 g/mol.